The number of aryl methyl sites for hydroxylation is 1. The highest BCUT2D eigenvalue weighted by molar-refractivity contribution is 9.11. The second kappa shape index (κ2) is 10.4. The summed E-state index contributed by atoms with van der Waals surface area (Å²) in [6.07, 6.45) is 1.86. The first-order valence-electron chi connectivity index (χ1n) is 10.2. The average Bonchev–Trinajstić information content (AvgIpc) is 2.78. The fraction of sp³-hybridized carbons (Fsp3) is 0.240. The minimum absolute atomic E-state index is 0.516. The van der Waals surface area contributed by atoms with Crippen LogP contribution in [-0.2, 0) is 11.3 Å². The highest BCUT2D eigenvalue weighted by atomic mass is 79.9. The van der Waals surface area contributed by atoms with Gasteiger partial charge in [0.1, 0.15) is 12.4 Å². The van der Waals surface area contributed by atoms with Crippen LogP contribution < -0.4 is 9.64 Å². The maximum atomic E-state index is 6.05. The van der Waals surface area contributed by atoms with Crippen LogP contribution in [0.4, 0.5) is 11.4 Å². The Bertz CT molecular complexity index is 1040. The summed E-state index contributed by atoms with van der Waals surface area (Å²) in [5.74, 6) is 0.786. The van der Waals surface area contributed by atoms with Crippen molar-refractivity contribution in [2.45, 2.75) is 13.5 Å². The summed E-state index contributed by atoms with van der Waals surface area (Å²) < 4.78 is 13.2. The SMILES string of the molecule is Cc1cccc(COc2c(Br)cc(C=Nc3ccc(N4CCOCC4)cc3)cc2Br)c1. The number of aliphatic imine (C=N–C) groups is 1. The van der Waals surface area contributed by atoms with Crippen molar-refractivity contribution >= 4 is 49.4 Å². The zero-order valence-corrected chi connectivity index (χ0v) is 20.5. The molecule has 160 valence electrons. The van der Waals surface area contributed by atoms with Gasteiger partial charge in [-0.3, -0.25) is 4.99 Å². The van der Waals surface area contributed by atoms with Crippen molar-refractivity contribution in [3.05, 3.63) is 86.3 Å². The van der Waals surface area contributed by atoms with Crippen LogP contribution in [0.3, 0.4) is 0 Å². The van der Waals surface area contributed by atoms with E-state index in [1.54, 1.807) is 0 Å². The molecule has 1 heterocycles. The first kappa shape index (κ1) is 22.1. The minimum Gasteiger partial charge on any atom is -0.487 e. The lowest BCUT2D eigenvalue weighted by atomic mass is 10.1. The summed E-state index contributed by atoms with van der Waals surface area (Å²) in [6, 6.07) is 20.7. The summed E-state index contributed by atoms with van der Waals surface area (Å²) in [7, 11) is 0. The molecule has 0 aromatic heterocycles. The molecule has 0 bridgehead atoms. The Morgan fingerprint density at radius 1 is 1.00 bits per heavy atom. The number of anilines is 1. The Hall–Kier alpha value is -2.15. The van der Waals surface area contributed by atoms with E-state index in [1.807, 2.05) is 36.5 Å². The Kier molecular flexibility index (Phi) is 7.43. The van der Waals surface area contributed by atoms with Gasteiger partial charge in [0, 0.05) is 25.0 Å². The van der Waals surface area contributed by atoms with E-state index < -0.39 is 0 Å². The van der Waals surface area contributed by atoms with E-state index in [0.29, 0.717) is 6.61 Å². The van der Waals surface area contributed by atoms with Gasteiger partial charge in [-0.05, 0) is 86.3 Å². The molecule has 0 unspecified atom stereocenters. The molecule has 0 spiro atoms. The van der Waals surface area contributed by atoms with Crippen LogP contribution >= 0.6 is 31.9 Å². The van der Waals surface area contributed by atoms with Crippen molar-refractivity contribution in [2.75, 3.05) is 31.2 Å². The number of ether oxygens (including phenoxy) is 2. The summed E-state index contributed by atoms with van der Waals surface area (Å²) in [4.78, 5) is 6.96. The number of benzene rings is 3. The fourth-order valence-electron chi connectivity index (χ4n) is 3.47. The van der Waals surface area contributed by atoms with Gasteiger partial charge >= 0.3 is 0 Å². The van der Waals surface area contributed by atoms with E-state index in [9.17, 15) is 0 Å². The lowest BCUT2D eigenvalue weighted by Gasteiger charge is -2.28. The van der Waals surface area contributed by atoms with Crippen LogP contribution in [0.25, 0.3) is 0 Å². The molecule has 4 rings (SSSR count). The second-order valence-electron chi connectivity index (χ2n) is 7.47. The molecular formula is C25H24Br2N2O2. The quantitative estimate of drug-likeness (QED) is 0.325. The summed E-state index contributed by atoms with van der Waals surface area (Å²) >= 11 is 7.27. The fourth-order valence-corrected chi connectivity index (χ4v) is 4.92. The average molecular weight is 544 g/mol. The van der Waals surface area contributed by atoms with E-state index in [4.69, 9.17) is 9.47 Å². The minimum atomic E-state index is 0.516. The zero-order valence-electron chi connectivity index (χ0n) is 17.4. The Labute approximate surface area is 200 Å². The molecule has 0 amide bonds. The number of nitrogens with zero attached hydrogens (tertiary/aromatic N) is 2. The highest BCUT2D eigenvalue weighted by Crippen LogP contribution is 2.35. The molecular weight excluding hydrogens is 520 g/mol. The third kappa shape index (κ3) is 5.97. The van der Waals surface area contributed by atoms with Gasteiger partial charge < -0.3 is 14.4 Å². The lowest BCUT2D eigenvalue weighted by Crippen LogP contribution is -2.36. The summed E-state index contributed by atoms with van der Waals surface area (Å²) in [6.45, 7) is 6.04. The van der Waals surface area contributed by atoms with Gasteiger partial charge in [0.15, 0.2) is 0 Å². The van der Waals surface area contributed by atoms with Gasteiger partial charge in [-0.1, -0.05) is 29.8 Å². The maximum absolute atomic E-state index is 6.05. The maximum Gasteiger partial charge on any atom is 0.148 e. The van der Waals surface area contributed by atoms with Crippen molar-refractivity contribution in [1.29, 1.82) is 0 Å². The molecule has 0 atom stereocenters. The van der Waals surface area contributed by atoms with Gasteiger partial charge in [0.05, 0.1) is 27.8 Å². The molecule has 0 N–H and O–H groups in total. The molecule has 1 aliphatic heterocycles. The molecule has 0 radical (unpaired) electrons. The van der Waals surface area contributed by atoms with Crippen LogP contribution in [0.2, 0.25) is 0 Å². The molecule has 1 saturated heterocycles. The van der Waals surface area contributed by atoms with Crippen LogP contribution in [0, 0.1) is 6.92 Å². The molecule has 4 nitrogen and oxygen atoms in total. The molecule has 1 fully saturated rings. The van der Waals surface area contributed by atoms with Crippen molar-refractivity contribution in [3.8, 4) is 5.75 Å². The van der Waals surface area contributed by atoms with Crippen LogP contribution in [-0.4, -0.2) is 32.5 Å². The van der Waals surface area contributed by atoms with E-state index in [0.717, 1.165) is 57.8 Å². The van der Waals surface area contributed by atoms with Crippen LogP contribution in [0.5, 0.6) is 5.75 Å². The van der Waals surface area contributed by atoms with E-state index >= 15 is 0 Å². The second-order valence-corrected chi connectivity index (χ2v) is 9.17. The topological polar surface area (TPSA) is 34.1 Å². The van der Waals surface area contributed by atoms with E-state index in [2.05, 4.69) is 79.0 Å². The first-order valence-corrected chi connectivity index (χ1v) is 11.8. The monoisotopic (exact) mass is 542 g/mol. The Morgan fingerprint density at radius 3 is 2.39 bits per heavy atom. The number of hydrogen-bond acceptors (Lipinski definition) is 4. The smallest absolute Gasteiger partial charge is 0.148 e. The largest absolute Gasteiger partial charge is 0.487 e. The molecule has 6 heteroatoms. The van der Waals surface area contributed by atoms with Gasteiger partial charge in [0.25, 0.3) is 0 Å². The van der Waals surface area contributed by atoms with Gasteiger partial charge in [-0.2, -0.15) is 0 Å². The lowest BCUT2D eigenvalue weighted by molar-refractivity contribution is 0.122. The zero-order chi connectivity index (χ0) is 21.6. The molecule has 1 aliphatic rings. The Morgan fingerprint density at radius 2 is 1.71 bits per heavy atom. The summed E-state index contributed by atoms with van der Waals surface area (Å²) in [5.41, 5.74) is 5.49. The van der Waals surface area contributed by atoms with Gasteiger partial charge in [-0.25, -0.2) is 0 Å². The van der Waals surface area contributed by atoms with E-state index in [1.165, 1.54) is 11.3 Å². The van der Waals surface area contributed by atoms with Crippen molar-refractivity contribution in [1.82, 2.24) is 0 Å². The summed E-state index contributed by atoms with van der Waals surface area (Å²) in [5, 5.41) is 0. The number of hydrogen-bond donors (Lipinski definition) is 0. The highest BCUT2D eigenvalue weighted by Gasteiger charge is 2.11. The third-order valence-electron chi connectivity index (χ3n) is 5.07. The third-order valence-corrected chi connectivity index (χ3v) is 6.25. The normalized spacial score (nSPS) is 14.2. The predicted molar refractivity (Wildman–Crippen MR) is 134 cm³/mol. The number of morpholine rings is 1. The van der Waals surface area contributed by atoms with Gasteiger partial charge in [-0.15, -0.1) is 0 Å². The Balaban J connectivity index is 1.42. The van der Waals surface area contributed by atoms with Crippen LogP contribution in [0.1, 0.15) is 16.7 Å². The molecule has 3 aromatic carbocycles. The first-order chi connectivity index (χ1) is 15.1. The van der Waals surface area contributed by atoms with E-state index in [-0.39, 0.29) is 0 Å². The van der Waals surface area contributed by atoms with Crippen molar-refractivity contribution in [2.24, 2.45) is 4.99 Å². The predicted octanol–water partition coefficient (Wildman–Crippen LogP) is 6.69. The standard InChI is InChI=1S/C25H24Br2N2O2/c1-18-3-2-4-19(13-18)17-31-25-23(26)14-20(15-24(25)27)16-28-21-5-7-22(8-6-21)29-9-11-30-12-10-29/h2-8,13-16H,9-12,17H2,1H3. The van der Waals surface area contributed by atoms with Crippen molar-refractivity contribution < 1.29 is 9.47 Å². The van der Waals surface area contributed by atoms with Gasteiger partial charge in [0.2, 0.25) is 0 Å². The molecule has 31 heavy (non-hydrogen) atoms. The van der Waals surface area contributed by atoms with Crippen molar-refractivity contribution in [3.63, 3.8) is 0 Å². The molecule has 0 saturated carbocycles. The number of rotatable bonds is 6. The molecule has 0 aliphatic carbocycles. The number of halogens is 2. The van der Waals surface area contributed by atoms with Crippen LogP contribution in [0.15, 0.2) is 74.6 Å². The molecule has 3 aromatic rings.